The number of aryl methyl sites for hydroxylation is 1. The number of hydrogen-bond acceptors (Lipinski definition) is 5. The summed E-state index contributed by atoms with van der Waals surface area (Å²) in [6.07, 6.45) is 2.54. The second-order valence-electron chi connectivity index (χ2n) is 4.46. The fraction of sp³-hybridized carbons (Fsp3) is 0.429. The summed E-state index contributed by atoms with van der Waals surface area (Å²) < 4.78 is 12.5. The Morgan fingerprint density at radius 1 is 1.25 bits per heavy atom. The Bertz CT molecular complexity index is 554. The number of aromatic nitrogens is 3. The predicted molar refractivity (Wildman–Crippen MR) is 76.0 cm³/mol. The largest absolute Gasteiger partial charge is 0.497 e. The lowest BCUT2D eigenvalue weighted by Gasteiger charge is -2.11. The maximum Gasteiger partial charge on any atom is 0.133 e. The minimum absolute atomic E-state index is 0.720. The molecule has 0 bridgehead atoms. The standard InChI is InChI=1S/C14H20N4O2/c1-18-10-16-17-14(18)6-7-15-9-11-8-12(19-2)4-5-13(11)20-3/h4-5,8,10,15H,6-7,9H2,1-3H3. The van der Waals surface area contributed by atoms with E-state index in [2.05, 4.69) is 15.5 Å². The molecule has 1 N–H and O–H groups in total. The van der Waals surface area contributed by atoms with Crippen LogP contribution in [-0.4, -0.2) is 35.5 Å². The van der Waals surface area contributed by atoms with Crippen LogP contribution in [0.25, 0.3) is 0 Å². The molecule has 0 saturated carbocycles. The monoisotopic (exact) mass is 276 g/mol. The Morgan fingerprint density at radius 2 is 2.10 bits per heavy atom. The molecule has 2 aromatic rings. The van der Waals surface area contributed by atoms with Gasteiger partial charge in [-0.3, -0.25) is 0 Å². The summed E-state index contributed by atoms with van der Waals surface area (Å²) in [5, 5.41) is 11.3. The zero-order chi connectivity index (χ0) is 14.4. The molecule has 0 radical (unpaired) electrons. The van der Waals surface area contributed by atoms with E-state index >= 15 is 0 Å². The summed E-state index contributed by atoms with van der Waals surface area (Å²) in [5.41, 5.74) is 1.07. The van der Waals surface area contributed by atoms with Crippen molar-refractivity contribution in [3.8, 4) is 11.5 Å². The Morgan fingerprint density at radius 3 is 2.75 bits per heavy atom. The highest BCUT2D eigenvalue weighted by Gasteiger charge is 2.05. The summed E-state index contributed by atoms with van der Waals surface area (Å²) in [6.45, 7) is 1.55. The van der Waals surface area contributed by atoms with Crippen LogP contribution >= 0.6 is 0 Å². The van der Waals surface area contributed by atoms with Crippen molar-refractivity contribution in [1.29, 1.82) is 0 Å². The van der Waals surface area contributed by atoms with Crippen LogP contribution in [0.4, 0.5) is 0 Å². The first-order chi connectivity index (χ1) is 9.74. The lowest BCUT2D eigenvalue weighted by Crippen LogP contribution is -2.18. The molecule has 6 nitrogen and oxygen atoms in total. The second-order valence-corrected chi connectivity index (χ2v) is 4.46. The van der Waals surface area contributed by atoms with Crippen molar-refractivity contribution in [3.63, 3.8) is 0 Å². The van der Waals surface area contributed by atoms with Gasteiger partial charge in [0.1, 0.15) is 23.7 Å². The first-order valence-electron chi connectivity index (χ1n) is 6.49. The van der Waals surface area contributed by atoms with Gasteiger partial charge in [0.15, 0.2) is 0 Å². The van der Waals surface area contributed by atoms with Crippen molar-refractivity contribution in [2.24, 2.45) is 7.05 Å². The summed E-state index contributed by atoms with van der Waals surface area (Å²) in [6, 6.07) is 5.79. The molecule has 1 aromatic heterocycles. The number of nitrogens with one attached hydrogen (secondary N) is 1. The van der Waals surface area contributed by atoms with E-state index in [1.807, 2.05) is 29.8 Å². The van der Waals surface area contributed by atoms with Crippen LogP contribution < -0.4 is 14.8 Å². The van der Waals surface area contributed by atoms with Gasteiger partial charge in [0.05, 0.1) is 14.2 Å². The Labute approximate surface area is 118 Å². The third-order valence-corrected chi connectivity index (χ3v) is 3.13. The van der Waals surface area contributed by atoms with E-state index in [9.17, 15) is 0 Å². The maximum absolute atomic E-state index is 5.34. The van der Waals surface area contributed by atoms with Crippen molar-refractivity contribution in [2.75, 3.05) is 20.8 Å². The fourth-order valence-corrected chi connectivity index (χ4v) is 1.98. The van der Waals surface area contributed by atoms with E-state index in [1.54, 1.807) is 20.5 Å². The highest BCUT2D eigenvalue weighted by Crippen LogP contribution is 2.23. The van der Waals surface area contributed by atoms with Gasteiger partial charge in [-0.1, -0.05) is 0 Å². The summed E-state index contributed by atoms with van der Waals surface area (Å²) in [7, 11) is 5.28. The Kier molecular flexibility index (Phi) is 4.95. The van der Waals surface area contributed by atoms with Crippen LogP contribution in [0.3, 0.4) is 0 Å². The molecular formula is C14H20N4O2. The number of hydrogen-bond donors (Lipinski definition) is 1. The molecule has 0 saturated heterocycles. The molecular weight excluding hydrogens is 256 g/mol. The molecule has 0 unspecified atom stereocenters. The quantitative estimate of drug-likeness (QED) is 0.769. The van der Waals surface area contributed by atoms with E-state index in [0.29, 0.717) is 0 Å². The van der Waals surface area contributed by atoms with Crippen LogP contribution in [0.5, 0.6) is 11.5 Å². The van der Waals surface area contributed by atoms with Gasteiger partial charge in [0, 0.05) is 32.1 Å². The first-order valence-corrected chi connectivity index (χ1v) is 6.49. The van der Waals surface area contributed by atoms with E-state index in [1.165, 1.54) is 0 Å². The second kappa shape index (κ2) is 6.91. The summed E-state index contributed by atoms with van der Waals surface area (Å²) >= 11 is 0. The molecule has 6 heteroatoms. The molecule has 2 rings (SSSR count). The number of methoxy groups -OCH3 is 2. The maximum atomic E-state index is 5.34. The van der Waals surface area contributed by atoms with E-state index in [0.717, 1.165) is 42.4 Å². The zero-order valence-electron chi connectivity index (χ0n) is 12.1. The summed E-state index contributed by atoms with van der Waals surface area (Å²) in [5.74, 6) is 2.66. The van der Waals surface area contributed by atoms with Crippen molar-refractivity contribution >= 4 is 0 Å². The van der Waals surface area contributed by atoms with Gasteiger partial charge in [-0.25, -0.2) is 0 Å². The lowest BCUT2D eigenvalue weighted by molar-refractivity contribution is 0.397. The Hall–Kier alpha value is -2.08. The van der Waals surface area contributed by atoms with Gasteiger partial charge in [-0.15, -0.1) is 10.2 Å². The molecule has 0 atom stereocenters. The molecule has 0 aliphatic heterocycles. The highest BCUT2D eigenvalue weighted by atomic mass is 16.5. The molecule has 0 aliphatic rings. The number of ether oxygens (including phenoxy) is 2. The van der Waals surface area contributed by atoms with Crippen molar-refractivity contribution in [1.82, 2.24) is 20.1 Å². The van der Waals surface area contributed by atoms with Crippen molar-refractivity contribution in [2.45, 2.75) is 13.0 Å². The van der Waals surface area contributed by atoms with Gasteiger partial charge in [0.2, 0.25) is 0 Å². The van der Waals surface area contributed by atoms with E-state index in [-0.39, 0.29) is 0 Å². The molecule has 0 amide bonds. The van der Waals surface area contributed by atoms with Crippen LogP contribution in [0.15, 0.2) is 24.5 Å². The van der Waals surface area contributed by atoms with Crippen LogP contribution in [0, 0.1) is 0 Å². The molecule has 0 spiro atoms. The van der Waals surface area contributed by atoms with Gasteiger partial charge >= 0.3 is 0 Å². The molecule has 0 aliphatic carbocycles. The van der Waals surface area contributed by atoms with Gasteiger partial charge < -0.3 is 19.4 Å². The van der Waals surface area contributed by atoms with Crippen LogP contribution in [0.2, 0.25) is 0 Å². The number of rotatable bonds is 7. The molecule has 1 aromatic carbocycles. The zero-order valence-corrected chi connectivity index (χ0v) is 12.1. The average molecular weight is 276 g/mol. The van der Waals surface area contributed by atoms with Gasteiger partial charge in [-0.2, -0.15) is 0 Å². The number of nitrogens with zero attached hydrogens (tertiary/aromatic N) is 3. The first kappa shape index (κ1) is 14.3. The van der Waals surface area contributed by atoms with Gasteiger partial charge in [0.25, 0.3) is 0 Å². The minimum Gasteiger partial charge on any atom is -0.497 e. The third-order valence-electron chi connectivity index (χ3n) is 3.13. The molecule has 1 heterocycles. The topological polar surface area (TPSA) is 61.2 Å². The predicted octanol–water partition coefficient (Wildman–Crippen LogP) is 1.16. The summed E-state index contributed by atoms with van der Waals surface area (Å²) in [4.78, 5) is 0. The highest BCUT2D eigenvalue weighted by molar-refractivity contribution is 5.40. The van der Waals surface area contributed by atoms with Crippen LogP contribution in [0.1, 0.15) is 11.4 Å². The molecule has 0 fully saturated rings. The Balaban J connectivity index is 1.88. The van der Waals surface area contributed by atoms with E-state index < -0.39 is 0 Å². The molecule has 20 heavy (non-hydrogen) atoms. The smallest absolute Gasteiger partial charge is 0.133 e. The third kappa shape index (κ3) is 3.48. The lowest BCUT2D eigenvalue weighted by atomic mass is 10.2. The van der Waals surface area contributed by atoms with Gasteiger partial charge in [-0.05, 0) is 18.2 Å². The van der Waals surface area contributed by atoms with Crippen LogP contribution in [-0.2, 0) is 20.0 Å². The minimum atomic E-state index is 0.720. The van der Waals surface area contributed by atoms with E-state index in [4.69, 9.17) is 9.47 Å². The fourth-order valence-electron chi connectivity index (χ4n) is 1.98. The van der Waals surface area contributed by atoms with Crippen molar-refractivity contribution in [3.05, 3.63) is 35.9 Å². The number of benzene rings is 1. The van der Waals surface area contributed by atoms with Crippen molar-refractivity contribution < 1.29 is 9.47 Å². The average Bonchev–Trinajstić information content (AvgIpc) is 2.88. The SMILES string of the molecule is COc1ccc(OC)c(CNCCc2nncn2C)c1. The molecule has 108 valence electrons. The normalized spacial score (nSPS) is 10.6.